The fraction of sp³-hybridized carbons (Fsp3) is 0.625. The highest BCUT2D eigenvalue weighted by Crippen LogP contribution is 2.22. The van der Waals surface area contributed by atoms with Crippen molar-refractivity contribution < 1.29 is 5.11 Å². The minimum Gasteiger partial charge on any atom is -0.507 e. The molecule has 0 aromatic heterocycles. The fourth-order valence-corrected chi connectivity index (χ4v) is 2.18. The molecule has 0 bridgehead atoms. The molecule has 1 aromatic carbocycles. The van der Waals surface area contributed by atoms with E-state index in [0.717, 1.165) is 50.4 Å². The van der Waals surface area contributed by atoms with Gasteiger partial charge in [0.05, 0.1) is 0 Å². The summed E-state index contributed by atoms with van der Waals surface area (Å²) in [6, 6.07) is 5.87. The zero-order valence-corrected chi connectivity index (χ0v) is 13.9. The number of hydrogen-bond donors (Lipinski definition) is 7. The van der Waals surface area contributed by atoms with Gasteiger partial charge in [0.2, 0.25) is 0 Å². The van der Waals surface area contributed by atoms with E-state index in [9.17, 15) is 5.11 Å². The van der Waals surface area contributed by atoms with Crippen molar-refractivity contribution in [3.8, 4) is 5.75 Å². The molecule has 0 heterocycles. The van der Waals surface area contributed by atoms with Crippen molar-refractivity contribution in [2.75, 3.05) is 52.4 Å². The van der Waals surface area contributed by atoms with E-state index in [1.807, 2.05) is 18.2 Å². The van der Waals surface area contributed by atoms with Gasteiger partial charge in [0.1, 0.15) is 5.75 Å². The Morgan fingerprint density at radius 1 is 0.696 bits per heavy atom. The molecule has 0 atom stereocenters. The van der Waals surface area contributed by atoms with Crippen LogP contribution < -0.4 is 32.7 Å². The largest absolute Gasteiger partial charge is 0.507 e. The van der Waals surface area contributed by atoms with Gasteiger partial charge in [-0.3, -0.25) is 0 Å². The summed E-state index contributed by atoms with van der Waals surface area (Å²) in [7, 11) is 0. The second-order valence-electron chi connectivity index (χ2n) is 5.36. The predicted octanol–water partition coefficient (Wildman–Crippen LogP) is -1.33. The van der Waals surface area contributed by atoms with Crippen LogP contribution in [0.15, 0.2) is 18.2 Å². The van der Waals surface area contributed by atoms with Crippen LogP contribution in [0.2, 0.25) is 0 Å². The summed E-state index contributed by atoms with van der Waals surface area (Å²) in [5.41, 5.74) is 12.7. The normalized spacial score (nSPS) is 11.0. The number of rotatable bonds is 14. The lowest BCUT2D eigenvalue weighted by Gasteiger charge is -2.12. The molecule has 9 N–H and O–H groups in total. The smallest absolute Gasteiger partial charge is 0.124 e. The van der Waals surface area contributed by atoms with Crippen LogP contribution in [-0.2, 0) is 13.1 Å². The van der Waals surface area contributed by atoms with E-state index in [-0.39, 0.29) is 0 Å². The lowest BCUT2D eigenvalue weighted by atomic mass is 10.1. The van der Waals surface area contributed by atoms with Gasteiger partial charge < -0.3 is 37.8 Å². The molecule has 132 valence electrons. The van der Waals surface area contributed by atoms with E-state index in [1.165, 1.54) is 0 Å². The molecule has 0 spiro atoms. The molecule has 7 nitrogen and oxygen atoms in total. The summed E-state index contributed by atoms with van der Waals surface area (Å²) in [6.45, 7) is 7.69. The van der Waals surface area contributed by atoms with Crippen molar-refractivity contribution >= 4 is 0 Å². The van der Waals surface area contributed by atoms with Crippen LogP contribution in [0.25, 0.3) is 0 Å². The molecule has 23 heavy (non-hydrogen) atoms. The summed E-state index contributed by atoms with van der Waals surface area (Å²) < 4.78 is 0. The molecular formula is C16H32N6O. The molecule has 0 fully saturated rings. The maximum atomic E-state index is 10.3. The quantitative estimate of drug-likeness (QED) is 0.212. The predicted molar refractivity (Wildman–Crippen MR) is 95.4 cm³/mol. The Hall–Kier alpha value is -1.22. The second kappa shape index (κ2) is 13.2. The van der Waals surface area contributed by atoms with Crippen LogP contribution in [0.4, 0.5) is 0 Å². The number of phenols is 1. The molecule has 0 saturated heterocycles. The molecule has 0 amide bonds. The number of aromatic hydroxyl groups is 1. The molecule has 0 aliphatic heterocycles. The molecule has 0 radical (unpaired) electrons. The summed E-state index contributed by atoms with van der Waals surface area (Å²) in [5.74, 6) is 0.373. The molecule has 1 aromatic rings. The van der Waals surface area contributed by atoms with Crippen molar-refractivity contribution in [1.82, 2.24) is 21.3 Å². The van der Waals surface area contributed by atoms with Crippen LogP contribution in [0.3, 0.4) is 0 Å². The number of nitrogens with one attached hydrogen (secondary N) is 4. The molecule has 0 saturated carbocycles. The van der Waals surface area contributed by atoms with Gasteiger partial charge in [-0.2, -0.15) is 0 Å². The number of benzene rings is 1. The zero-order valence-electron chi connectivity index (χ0n) is 13.9. The highest BCUT2D eigenvalue weighted by Gasteiger charge is 2.06. The Labute approximate surface area is 139 Å². The Bertz CT molecular complexity index is 381. The summed E-state index contributed by atoms with van der Waals surface area (Å²) >= 11 is 0. The average Bonchev–Trinajstić information content (AvgIpc) is 2.56. The first-order chi connectivity index (χ1) is 11.3. The van der Waals surface area contributed by atoms with E-state index in [1.54, 1.807) is 0 Å². The third kappa shape index (κ3) is 8.85. The first-order valence-corrected chi connectivity index (χ1v) is 8.32. The highest BCUT2D eigenvalue weighted by molar-refractivity contribution is 5.40. The van der Waals surface area contributed by atoms with Crippen LogP contribution >= 0.6 is 0 Å². The first-order valence-electron chi connectivity index (χ1n) is 8.32. The van der Waals surface area contributed by atoms with E-state index in [4.69, 9.17) is 11.5 Å². The maximum absolute atomic E-state index is 10.3. The van der Waals surface area contributed by atoms with Crippen molar-refractivity contribution in [3.05, 3.63) is 29.3 Å². The van der Waals surface area contributed by atoms with Crippen LogP contribution in [-0.4, -0.2) is 57.5 Å². The van der Waals surface area contributed by atoms with Gasteiger partial charge >= 0.3 is 0 Å². The van der Waals surface area contributed by atoms with E-state index in [0.29, 0.717) is 31.9 Å². The van der Waals surface area contributed by atoms with Crippen LogP contribution in [0, 0.1) is 0 Å². The van der Waals surface area contributed by atoms with Crippen molar-refractivity contribution in [2.24, 2.45) is 11.5 Å². The Kier molecular flexibility index (Phi) is 11.4. The van der Waals surface area contributed by atoms with Gasteiger partial charge in [-0.05, 0) is 0 Å². The zero-order chi connectivity index (χ0) is 16.8. The maximum Gasteiger partial charge on any atom is 0.124 e. The van der Waals surface area contributed by atoms with Gasteiger partial charge in [-0.1, -0.05) is 18.2 Å². The number of nitrogens with two attached hydrogens (primary N) is 2. The Morgan fingerprint density at radius 2 is 1.13 bits per heavy atom. The lowest BCUT2D eigenvalue weighted by Crippen LogP contribution is -2.30. The van der Waals surface area contributed by atoms with E-state index >= 15 is 0 Å². The van der Waals surface area contributed by atoms with Crippen molar-refractivity contribution in [1.29, 1.82) is 0 Å². The van der Waals surface area contributed by atoms with Gasteiger partial charge in [-0.15, -0.1) is 0 Å². The number of para-hydroxylation sites is 1. The summed E-state index contributed by atoms with van der Waals surface area (Å²) in [6.07, 6.45) is 0. The molecule has 0 aliphatic carbocycles. The molecule has 7 heteroatoms. The van der Waals surface area contributed by atoms with Gasteiger partial charge in [0.15, 0.2) is 0 Å². The molecule has 1 rings (SSSR count). The SMILES string of the molecule is NCCNCCNCc1cccc(CNCCNCCN)c1O. The standard InChI is InChI=1S/C16H32N6O/c17-4-6-19-8-10-21-12-14-2-1-3-15(16(14)23)13-22-11-9-20-7-5-18/h1-3,19-23H,4-13,17-18H2. The minimum absolute atomic E-state index is 0.373. The lowest BCUT2D eigenvalue weighted by molar-refractivity contribution is 0.453. The van der Waals surface area contributed by atoms with E-state index in [2.05, 4.69) is 21.3 Å². The monoisotopic (exact) mass is 324 g/mol. The molecule has 0 aliphatic rings. The minimum atomic E-state index is 0.373. The first kappa shape index (κ1) is 19.8. The van der Waals surface area contributed by atoms with Crippen molar-refractivity contribution in [2.45, 2.75) is 13.1 Å². The van der Waals surface area contributed by atoms with Crippen LogP contribution in [0.1, 0.15) is 11.1 Å². The summed E-state index contributed by atoms with van der Waals surface area (Å²) in [5, 5.41) is 23.4. The second-order valence-corrected chi connectivity index (χ2v) is 5.36. The van der Waals surface area contributed by atoms with Gasteiger partial charge in [-0.25, -0.2) is 0 Å². The highest BCUT2D eigenvalue weighted by atomic mass is 16.3. The van der Waals surface area contributed by atoms with Crippen LogP contribution in [0.5, 0.6) is 5.75 Å². The van der Waals surface area contributed by atoms with Gasteiger partial charge in [0, 0.05) is 76.6 Å². The molecule has 0 unspecified atom stereocenters. The van der Waals surface area contributed by atoms with Gasteiger partial charge in [0.25, 0.3) is 0 Å². The topological polar surface area (TPSA) is 120 Å². The number of phenolic OH excluding ortho intramolecular Hbond substituents is 1. The number of hydrogen-bond acceptors (Lipinski definition) is 7. The Morgan fingerprint density at radius 3 is 1.57 bits per heavy atom. The average molecular weight is 324 g/mol. The molecular weight excluding hydrogens is 292 g/mol. The Balaban J connectivity index is 2.27. The fourth-order valence-electron chi connectivity index (χ4n) is 2.18. The van der Waals surface area contributed by atoms with Crippen molar-refractivity contribution in [3.63, 3.8) is 0 Å². The summed E-state index contributed by atoms with van der Waals surface area (Å²) in [4.78, 5) is 0. The van der Waals surface area contributed by atoms with E-state index < -0.39 is 0 Å². The third-order valence-electron chi connectivity index (χ3n) is 3.43. The third-order valence-corrected chi connectivity index (χ3v) is 3.43.